The molecule has 4 heteroatoms. The molecule has 1 aromatic heterocycles. The fourth-order valence-electron chi connectivity index (χ4n) is 0.896. The molecule has 0 amide bonds. The lowest BCUT2D eigenvalue weighted by atomic mass is 10.5. The van der Waals surface area contributed by atoms with Gasteiger partial charge in [0.2, 0.25) is 0 Å². The molecule has 0 unspecified atom stereocenters. The van der Waals surface area contributed by atoms with Crippen molar-refractivity contribution >= 4 is 11.8 Å². The Kier molecular flexibility index (Phi) is 3.45. The van der Waals surface area contributed by atoms with Crippen LogP contribution in [-0.2, 0) is 12.3 Å². The summed E-state index contributed by atoms with van der Waals surface area (Å²) < 4.78 is 0. The van der Waals surface area contributed by atoms with E-state index in [9.17, 15) is 0 Å². The standard InChI is InChI=1S/C7H13N3S/c1-8-3-6-4-9-7(10-6)5-11-2/h4,8H,3,5H2,1-2H3,(H,9,10). The largest absolute Gasteiger partial charge is 0.344 e. The number of thioether (sulfide) groups is 1. The highest BCUT2D eigenvalue weighted by atomic mass is 32.2. The van der Waals surface area contributed by atoms with Crippen molar-refractivity contribution in [2.75, 3.05) is 13.3 Å². The van der Waals surface area contributed by atoms with Crippen LogP contribution in [0.5, 0.6) is 0 Å². The van der Waals surface area contributed by atoms with Crippen LogP contribution in [0, 0.1) is 0 Å². The lowest BCUT2D eigenvalue weighted by Crippen LogP contribution is -2.05. The average molecular weight is 171 g/mol. The summed E-state index contributed by atoms with van der Waals surface area (Å²) >= 11 is 1.77. The molecular weight excluding hydrogens is 158 g/mol. The summed E-state index contributed by atoms with van der Waals surface area (Å²) in [5, 5.41) is 3.06. The predicted molar refractivity (Wildman–Crippen MR) is 48.6 cm³/mol. The zero-order valence-electron chi connectivity index (χ0n) is 6.85. The molecule has 2 N–H and O–H groups in total. The summed E-state index contributed by atoms with van der Waals surface area (Å²) in [6.45, 7) is 0.862. The molecule has 0 aromatic carbocycles. The molecule has 0 aliphatic carbocycles. The van der Waals surface area contributed by atoms with Gasteiger partial charge in [0, 0.05) is 18.4 Å². The first-order chi connectivity index (χ1) is 5.36. The van der Waals surface area contributed by atoms with E-state index >= 15 is 0 Å². The van der Waals surface area contributed by atoms with Crippen molar-refractivity contribution < 1.29 is 0 Å². The molecule has 0 spiro atoms. The number of imidazole rings is 1. The molecule has 1 rings (SSSR count). The minimum Gasteiger partial charge on any atom is -0.344 e. The van der Waals surface area contributed by atoms with E-state index in [1.165, 1.54) is 0 Å². The second kappa shape index (κ2) is 4.41. The first-order valence-corrected chi connectivity index (χ1v) is 4.92. The Hall–Kier alpha value is -0.480. The third-order valence-electron chi connectivity index (χ3n) is 1.33. The van der Waals surface area contributed by atoms with E-state index in [1.54, 1.807) is 11.8 Å². The highest BCUT2D eigenvalue weighted by Gasteiger charge is 1.97. The average Bonchev–Trinajstić information content (AvgIpc) is 2.38. The van der Waals surface area contributed by atoms with Crippen molar-refractivity contribution in [2.24, 2.45) is 0 Å². The van der Waals surface area contributed by atoms with Crippen molar-refractivity contribution in [3.8, 4) is 0 Å². The quantitative estimate of drug-likeness (QED) is 0.710. The minimum absolute atomic E-state index is 0.862. The number of nitrogens with one attached hydrogen (secondary N) is 2. The van der Waals surface area contributed by atoms with E-state index in [1.807, 2.05) is 13.2 Å². The van der Waals surface area contributed by atoms with Crippen LogP contribution in [0.3, 0.4) is 0 Å². The first-order valence-electron chi connectivity index (χ1n) is 3.53. The SMILES string of the molecule is CNCc1cnc(CSC)[nH]1. The summed E-state index contributed by atoms with van der Waals surface area (Å²) in [5.74, 6) is 2.02. The number of H-pyrrole nitrogens is 1. The lowest BCUT2D eigenvalue weighted by molar-refractivity contribution is 0.794. The van der Waals surface area contributed by atoms with Gasteiger partial charge in [-0.25, -0.2) is 4.98 Å². The molecule has 0 aliphatic rings. The lowest BCUT2D eigenvalue weighted by Gasteiger charge is -1.92. The Morgan fingerprint density at radius 1 is 1.73 bits per heavy atom. The Morgan fingerprint density at radius 2 is 2.55 bits per heavy atom. The molecule has 0 radical (unpaired) electrons. The summed E-state index contributed by atoms with van der Waals surface area (Å²) in [7, 11) is 1.93. The normalized spacial score (nSPS) is 10.4. The van der Waals surface area contributed by atoms with Crippen LogP contribution in [-0.4, -0.2) is 23.3 Å². The van der Waals surface area contributed by atoms with Gasteiger partial charge in [0.25, 0.3) is 0 Å². The van der Waals surface area contributed by atoms with Gasteiger partial charge in [0.1, 0.15) is 5.82 Å². The van der Waals surface area contributed by atoms with Crippen molar-refractivity contribution in [2.45, 2.75) is 12.3 Å². The van der Waals surface area contributed by atoms with Gasteiger partial charge in [-0.2, -0.15) is 11.8 Å². The van der Waals surface area contributed by atoms with E-state index < -0.39 is 0 Å². The predicted octanol–water partition coefficient (Wildman–Crippen LogP) is 0.992. The van der Waals surface area contributed by atoms with Crippen molar-refractivity contribution in [3.63, 3.8) is 0 Å². The second-order valence-corrected chi connectivity index (χ2v) is 3.18. The molecular formula is C7H13N3S. The molecule has 1 aromatic rings. The molecule has 0 bridgehead atoms. The first kappa shape index (κ1) is 8.62. The third-order valence-corrected chi connectivity index (χ3v) is 1.89. The van der Waals surface area contributed by atoms with Crippen LogP contribution in [0.1, 0.15) is 11.5 Å². The fraction of sp³-hybridized carbons (Fsp3) is 0.571. The fourth-order valence-corrected chi connectivity index (χ4v) is 1.32. The topological polar surface area (TPSA) is 40.7 Å². The highest BCUT2D eigenvalue weighted by Crippen LogP contribution is 2.04. The number of rotatable bonds is 4. The van der Waals surface area contributed by atoms with Crippen LogP contribution in [0.4, 0.5) is 0 Å². The van der Waals surface area contributed by atoms with Crippen LogP contribution in [0.15, 0.2) is 6.20 Å². The third kappa shape index (κ3) is 2.55. The van der Waals surface area contributed by atoms with Crippen molar-refractivity contribution in [3.05, 3.63) is 17.7 Å². The maximum absolute atomic E-state index is 4.21. The van der Waals surface area contributed by atoms with Gasteiger partial charge in [-0.05, 0) is 13.3 Å². The van der Waals surface area contributed by atoms with Crippen LogP contribution in [0.2, 0.25) is 0 Å². The van der Waals surface area contributed by atoms with E-state index in [4.69, 9.17) is 0 Å². The van der Waals surface area contributed by atoms with Gasteiger partial charge in [-0.15, -0.1) is 0 Å². The Morgan fingerprint density at radius 3 is 3.18 bits per heavy atom. The Balaban J connectivity index is 2.51. The van der Waals surface area contributed by atoms with Gasteiger partial charge in [-0.1, -0.05) is 0 Å². The summed E-state index contributed by atoms with van der Waals surface area (Å²) in [4.78, 5) is 7.43. The molecule has 0 saturated carbocycles. The molecule has 1 heterocycles. The molecule has 62 valence electrons. The summed E-state index contributed by atoms with van der Waals surface area (Å²) in [6, 6.07) is 0. The number of hydrogen-bond donors (Lipinski definition) is 2. The summed E-state index contributed by atoms with van der Waals surface area (Å²) in [6.07, 6.45) is 3.95. The van der Waals surface area contributed by atoms with E-state index in [2.05, 4.69) is 21.5 Å². The zero-order chi connectivity index (χ0) is 8.10. The Bertz CT molecular complexity index is 189. The maximum Gasteiger partial charge on any atom is 0.116 e. The number of aromatic amines is 1. The number of hydrogen-bond acceptors (Lipinski definition) is 3. The smallest absolute Gasteiger partial charge is 0.116 e. The van der Waals surface area contributed by atoms with Crippen molar-refractivity contribution in [1.29, 1.82) is 0 Å². The van der Waals surface area contributed by atoms with Gasteiger partial charge < -0.3 is 10.3 Å². The maximum atomic E-state index is 4.21. The summed E-state index contributed by atoms with van der Waals surface area (Å²) in [5.41, 5.74) is 1.15. The van der Waals surface area contributed by atoms with E-state index in [-0.39, 0.29) is 0 Å². The van der Waals surface area contributed by atoms with E-state index in [0.717, 1.165) is 23.8 Å². The molecule has 0 atom stereocenters. The number of nitrogens with zero attached hydrogens (tertiary/aromatic N) is 1. The van der Waals surface area contributed by atoms with Crippen LogP contribution >= 0.6 is 11.8 Å². The Labute approximate surface area is 71.0 Å². The molecule has 0 saturated heterocycles. The highest BCUT2D eigenvalue weighted by molar-refractivity contribution is 7.97. The monoisotopic (exact) mass is 171 g/mol. The van der Waals surface area contributed by atoms with Gasteiger partial charge in [0.15, 0.2) is 0 Å². The molecule has 0 aliphatic heterocycles. The van der Waals surface area contributed by atoms with Gasteiger partial charge in [-0.3, -0.25) is 0 Å². The molecule has 3 nitrogen and oxygen atoms in total. The molecule has 0 fully saturated rings. The van der Waals surface area contributed by atoms with E-state index in [0.29, 0.717) is 0 Å². The molecule has 11 heavy (non-hydrogen) atoms. The minimum atomic E-state index is 0.862. The number of aromatic nitrogens is 2. The van der Waals surface area contributed by atoms with Gasteiger partial charge >= 0.3 is 0 Å². The zero-order valence-corrected chi connectivity index (χ0v) is 7.66. The van der Waals surface area contributed by atoms with Crippen LogP contribution in [0.25, 0.3) is 0 Å². The van der Waals surface area contributed by atoms with Crippen molar-refractivity contribution in [1.82, 2.24) is 15.3 Å². The van der Waals surface area contributed by atoms with Gasteiger partial charge in [0.05, 0.1) is 5.75 Å². The second-order valence-electron chi connectivity index (χ2n) is 2.32. The van der Waals surface area contributed by atoms with Crippen LogP contribution < -0.4 is 5.32 Å².